The van der Waals surface area contributed by atoms with Crippen molar-refractivity contribution in [3.05, 3.63) is 29.3 Å². The molecule has 0 bridgehead atoms. The summed E-state index contributed by atoms with van der Waals surface area (Å²) in [6.45, 7) is 12.1. The Bertz CT molecular complexity index is 755. The number of phenolic OH excluding ortho intramolecular Hbond substituents is 1. The van der Waals surface area contributed by atoms with Crippen molar-refractivity contribution in [3.8, 4) is 5.75 Å². The number of benzene rings is 1. The Kier molecular flexibility index (Phi) is 8.05. The van der Waals surface area contributed by atoms with Crippen molar-refractivity contribution in [2.45, 2.75) is 72.2 Å². The third-order valence-electron chi connectivity index (χ3n) is 4.05. The van der Waals surface area contributed by atoms with Crippen LogP contribution < -0.4 is 10.6 Å². The van der Waals surface area contributed by atoms with E-state index in [2.05, 4.69) is 10.6 Å². The molecular formula is C21H33N3O5. The Balaban J connectivity index is 3.10. The molecule has 2 unspecified atom stereocenters. The van der Waals surface area contributed by atoms with E-state index in [0.29, 0.717) is 11.1 Å². The van der Waals surface area contributed by atoms with E-state index >= 15 is 0 Å². The number of aryl methyl sites for hydroxylation is 1. The predicted molar refractivity (Wildman–Crippen MR) is 110 cm³/mol. The van der Waals surface area contributed by atoms with Gasteiger partial charge in [0, 0.05) is 13.1 Å². The molecule has 3 N–H and O–H groups in total. The molecule has 0 aliphatic heterocycles. The van der Waals surface area contributed by atoms with Crippen LogP contribution in [-0.2, 0) is 14.3 Å². The highest BCUT2D eigenvalue weighted by Crippen LogP contribution is 2.26. The number of amides is 3. The Morgan fingerprint density at radius 1 is 1.10 bits per heavy atom. The number of hydrogen-bond acceptors (Lipinski definition) is 5. The lowest BCUT2D eigenvalue weighted by molar-refractivity contribution is -0.140. The lowest BCUT2D eigenvalue weighted by atomic mass is 10.0. The first-order valence-electron chi connectivity index (χ1n) is 9.59. The van der Waals surface area contributed by atoms with Gasteiger partial charge >= 0.3 is 6.09 Å². The highest BCUT2D eigenvalue weighted by atomic mass is 16.6. The van der Waals surface area contributed by atoms with Gasteiger partial charge in [0.05, 0.1) is 0 Å². The molecule has 0 aliphatic rings. The summed E-state index contributed by atoms with van der Waals surface area (Å²) in [6, 6.07) is 2.80. The minimum absolute atomic E-state index is 0.103. The van der Waals surface area contributed by atoms with Gasteiger partial charge in [0.25, 0.3) is 0 Å². The molecule has 0 heterocycles. The molecule has 8 heteroatoms. The topological polar surface area (TPSA) is 108 Å². The Hall–Kier alpha value is -2.77. The quantitative estimate of drug-likeness (QED) is 0.672. The molecule has 0 aliphatic carbocycles. The third-order valence-corrected chi connectivity index (χ3v) is 4.05. The first-order valence-corrected chi connectivity index (χ1v) is 9.59. The van der Waals surface area contributed by atoms with Crippen LogP contribution in [0.15, 0.2) is 18.2 Å². The van der Waals surface area contributed by atoms with Crippen LogP contribution in [0, 0.1) is 6.92 Å². The zero-order valence-electron chi connectivity index (χ0n) is 18.5. The van der Waals surface area contributed by atoms with Crippen LogP contribution in [0.2, 0.25) is 0 Å². The Labute approximate surface area is 172 Å². The summed E-state index contributed by atoms with van der Waals surface area (Å²) in [6.07, 6.45) is -0.713. The molecule has 29 heavy (non-hydrogen) atoms. The summed E-state index contributed by atoms with van der Waals surface area (Å²) in [4.78, 5) is 39.0. The van der Waals surface area contributed by atoms with Crippen LogP contribution >= 0.6 is 0 Å². The minimum Gasteiger partial charge on any atom is -0.508 e. The fourth-order valence-corrected chi connectivity index (χ4v) is 2.74. The van der Waals surface area contributed by atoms with Crippen molar-refractivity contribution >= 4 is 17.9 Å². The molecule has 8 nitrogen and oxygen atoms in total. The molecule has 0 radical (unpaired) electrons. The maximum absolute atomic E-state index is 12.9. The minimum atomic E-state index is -0.924. The third kappa shape index (κ3) is 7.29. The fraction of sp³-hybridized carbons (Fsp3) is 0.571. The number of alkyl carbamates (subject to hydrolysis) is 1. The molecule has 0 aromatic heterocycles. The molecule has 1 rings (SSSR count). The molecule has 3 amide bonds. The average molecular weight is 408 g/mol. The number of rotatable bonds is 6. The van der Waals surface area contributed by atoms with Crippen LogP contribution in [0.1, 0.15) is 58.7 Å². The first-order chi connectivity index (χ1) is 13.2. The van der Waals surface area contributed by atoms with E-state index in [1.165, 1.54) is 24.9 Å². The number of ether oxygens (including phenoxy) is 1. The number of hydrogen-bond donors (Lipinski definition) is 3. The van der Waals surface area contributed by atoms with Gasteiger partial charge < -0.3 is 25.4 Å². The van der Waals surface area contributed by atoms with Gasteiger partial charge in [-0.15, -0.1) is 0 Å². The van der Waals surface area contributed by atoms with Crippen molar-refractivity contribution in [2.24, 2.45) is 0 Å². The molecule has 2 atom stereocenters. The summed E-state index contributed by atoms with van der Waals surface area (Å²) < 4.78 is 5.18. The monoisotopic (exact) mass is 407 g/mol. The predicted octanol–water partition coefficient (Wildman–Crippen LogP) is 2.64. The Morgan fingerprint density at radius 3 is 2.17 bits per heavy atom. The van der Waals surface area contributed by atoms with Crippen LogP contribution in [0.25, 0.3) is 0 Å². The van der Waals surface area contributed by atoms with Gasteiger partial charge in [-0.1, -0.05) is 6.07 Å². The number of carbonyl (C=O) groups excluding carboxylic acids is 3. The lowest BCUT2D eigenvalue weighted by Crippen LogP contribution is -2.51. The molecule has 162 valence electrons. The first kappa shape index (κ1) is 24.3. The number of phenols is 1. The second kappa shape index (κ2) is 9.62. The lowest BCUT2D eigenvalue weighted by Gasteiger charge is -2.31. The van der Waals surface area contributed by atoms with Crippen LogP contribution in [0.3, 0.4) is 0 Å². The Morgan fingerprint density at radius 2 is 1.69 bits per heavy atom. The zero-order valence-corrected chi connectivity index (χ0v) is 18.5. The number of likely N-dealkylation sites (N-methyl/N-ethyl adjacent to an activating group) is 1. The molecular weight excluding hydrogens is 374 g/mol. The molecule has 0 spiro atoms. The van der Waals surface area contributed by atoms with Crippen molar-refractivity contribution in [1.82, 2.24) is 15.5 Å². The zero-order chi connectivity index (χ0) is 22.5. The molecule has 1 aromatic carbocycles. The second-order valence-corrected chi connectivity index (χ2v) is 8.43. The van der Waals surface area contributed by atoms with Crippen molar-refractivity contribution in [3.63, 3.8) is 0 Å². The van der Waals surface area contributed by atoms with E-state index in [-0.39, 0.29) is 17.7 Å². The van der Waals surface area contributed by atoms with Gasteiger partial charge in [0.15, 0.2) is 0 Å². The van der Waals surface area contributed by atoms with Crippen molar-refractivity contribution < 1.29 is 24.2 Å². The molecule has 0 saturated heterocycles. The summed E-state index contributed by atoms with van der Waals surface area (Å²) in [7, 11) is 1.50. The molecule has 1 aromatic rings. The molecule has 0 saturated carbocycles. The molecule has 0 fully saturated rings. The normalized spacial score (nSPS) is 13.4. The summed E-state index contributed by atoms with van der Waals surface area (Å²) in [5.74, 6) is -0.707. The van der Waals surface area contributed by atoms with E-state index in [1.807, 2.05) is 13.8 Å². The number of aromatic hydroxyl groups is 1. The fourth-order valence-electron chi connectivity index (χ4n) is 2.74. The van der Waals surface area contributed by atoms with Crippen LogP contribution in [0.5, 0.6) is 5.75 Å². The van der Waals surface area contributed by atoms with Crippen molar-refractivity contribution in [2.75, 3.05) is 7.05 Å². The second-order valence-electron chi connectivity index (χ2n) is 8.43. The van der Waals surface area contributed by atoms with Crippen molar-refractivity contribution in [1.29, 1.82) is 0 Å². The highest BCUT2D eigenvalue weighted by Gasteiger charge is 2.32. The maximum atomic E-state index is 12.9. The summed E-state index contributed by atoms with van der Waals surface area (Å²) in [5.41, 5.74) is 0.451. The van der Waals surface area contributed by atoms with Gasteiger partial charge in [0.2, 0.25) is 11.8 Å². The number of carbonyl (C=O) groups is 3. The smallest absolute Gasteiger partial charge is 0.408 e. The summed E-state index contributed by atoms with van der Waals surface area (Å²) >= 11 is 0. The van der Waals surface area contributed by atoms with Crippen LogP contribution in [-0.4, -0.2) is 52.6 Å². The number of nitrogens with one attached hydrogen (secondary N) is 2. The van der Waals surface area contributed by atoms with Gasteiger partial charge in [-0.05, 0) is 71.7 Å². The number of nitrogens with zero attached hydrogens (tertiary/aromatic N) is 1. The van der Waals surface area contributed by atoms with Gasteiger partial charge in [-0.2, -0.15) is 0 Å². The highest BCUT2D eigenvalue weighted by molar-refractivity contribution is 5.91. The van der Waals surface area contributed by atoms with E-state index in [4.69, 9.17) is 4.74 Å². The van der Waals surface area contributed by atoms with Crippen LogP contribution in [0.4, 0.5) is 4.79 Å². The van der Waals surface area contributed by atoms with Gasteiger partial charge in [0.1, 0.15) is 23.4 Å². The summed E-state index contributed by atoms with van der Waals surface area (Å²) in [5, 5.41) is 15.1. The standard InChI is InChI=1S/C21H33N3O5/c1-12(2)22-18(26)17(15-9-10-16(25)13(3)11-15)24(8)19(27)14(4)23-20(28)29-21(5,6)7/h9-12,14,17,25H,1-8H3,(H,22,26)(H,23,28). The van der Waals surface area contributed by atoms with Gasteiger partial charge in [-0.3, -0.25) is 9.59 Å². The van der Waals surface area contributed by atoms with E-state index in [1.54, 1.807) is 39.8 Å². The SMILES string of the molecule is Cc1cc(C(C(=O)NC(C)C)N(C)C(=O)C(C)NC(=O)OC(C)(C)C)ccc1O. The largest absolute Gasteiger partial charge is 0.508 e. The average Bonchev–Trinajstić information content (AvgIpc) is 2.54. The maximum Gasteiger partial charge on any atom is 0.408 e. The van der Waals surface area contributed by atoms with E-state index in [0.717, 1.165) is 0 Å². The van der Waals surface area contributed by atoms with E-state index < -0.39 is 29.7 Å². The van der Waals surface area contributed by atoms with Gasteiger partial charge in [-0.25, -0.2) is 4.79 Å². The van der Waals surface area contributed by atoms with E-state index in [9.17, 15) is 19.5 Å².